The Balaban J connectivity index is 1.34. The zero-order valence-corrected chi connectivity index (χ0v) is 21.3. The standard InChI is InChI=1S/C28H25FN8O3/c29-23-8-17(6-21-24(3-4-32-25(21)23)37-5-1-2-19(14-37)36-28(39)40)22-13-34-26-20(22)7-18(12-33-26)27(38)35-11-16-9-30-15-31-10-16/h3-4,6-10,12-13,15,19,36H,1-2,5,11,14H2,(H,33,34)(H,35,38)(H,39,40)/t19-/m1/s1. The number of pyridine rings is 2. The van der Waals surface area contributed by atoms with Crippen molar-refractivity contribution in [3.05, 3.63) is 78.5 Å². The van der Waals surface area contributed by atoms with Gasteiger partial charge in [-0.05, 0) is 42.7 Å². The van der Waals surface area contributed by atoms with Gasteiger partial charge >= 0.3 is 6.09 Å². The molecule has 202 valence electrons. The number of aromatic nitrogens is 5. The number of piperidine rings is 1. The van der Waals surface area contributed by atoms with Crippen molar-refractivity contribution in [2.75, 3.05) is 18.0 Å². The first-order valence-electron chi connectivity index (χ1n) is 12.8. The fourth-order valence-corrected chi connectivity index (χ4v) is 5.19. The Kier molecular flexibility index (Phi) is 6.64. The van der Waals surface area contributed by atoms with Gasteiger partial charge < -0.3 is 25.6 Å². The van der Waals surface area contributed by atoms with Crippen molar-refractivity contribution < 1.29 is 19.1 Å². The van der Waals surface area contributed by atoms with Crippen LogP contribution in [0.4, 0.5) is 14.9 Å². The molecule has 6 rings (SSSR count). The fourth-order valence-electron chi connectivity index (χ4n) is 5.19. The first-order valence-corrected chi connectivity index (χ1v) is 12.8. The third-order valence-electron chi connectivity index (χ3n) is 7.04. The molecule has 0 spiro atoms. The molecule has 5 aromatic rings. The zero-order chi connectivity index (χ0) is 27.6. The van der Waals surface area contributed by atoms with Gasteiger partial charge in [0.2, 0.25) is 0 Å². The predicted molar refractivity (Wildman–Crippen MR) is 146 cm³/mol. The highest BCUT2D eigenvalue weighted by Gasteiger charge is 2.24. The number of hydrogen-bond donors (Lipinski definition) is 4. The van der Waals surface area contributed by atoms with Gasteiger partial charge in [-0.3, -0.25) is 9.78 Å². The monoisotopic (exact) mass is 540 g/mol. The number of carbonyl (C=O) groups excluding carboxylic acids is 1. The minimum atomic E-state index is -1.06. The van der Waals surface area contributed by atoms with Gasteiger partial charge in [0.15, 0.2) is 0 Å². The Morgan fingerprint density at radius 3 is 2.80 bits per heavy atom. The highest BCUT2D eigenvalue weighted by molar-refractivity contribution is 6.03. The maximum Gasteiger partial charge on any atom is 0.404 e. The normalized spacial score (nSPS) is 15.3. The Bertz CT molecular complexity index is 1730. The SMILES string of the molecule is O=C(O)N[C@@H]1CCCN(c2ccnc3c(F)cc(-c4c[nH]c5ncc(C(=O)NCc6cncnc6)cc45)cc23)C1. The molecule has 2 amide bonds. The van der Waals surface area contributed by atoms with E-state index in [0.29, 0.717) is 46.2 Å². The zero-order valence-electron chi connectivity index (χ0n) is 21.3. The molecule has 40 heavy (non-hydrogen) atoms. The topological polar surface area (TPSA) is 149 Å². The first-order chi connectivity index (χ1) is 19.5. The van der Waals surface area contributed by atoms with E-state index in [0.717, 1.165) is 24.1 Å². The summed E-state index contributed by atoms with van der Waals surface area (Å²) in [5, 5.41) is 15.9. The number of fused-ring (bicyclic) bond motifs is 2. The number of carboxylic acid groups (broad SMARTS) is 1. The summed E-state index contributed by atoms with van der Waals surface area (Å²) in [5.74, 6) is -0.788. The third-order valence-corrected chi connectivity index (χ3v) is 7.04. The molecule has 0 bridgehead atoms. The predicted octanol–water partition coefficient (Wildman–Crippen LogP) is 3.87. The number of aromatic amines is 1. The maximum atomic E-state index is 15.4. The van der Waals surface area contributed by atoms with Crippen LogP contribution in [0, 0.1) is 5.82 Å². The number of H-pyrrole nitrogens is 1. The Labute approximate surface area is 227 Å². The lowest BCUT2D eigenvalue weighted by atomic mass is 10.00. The molecule has 0 radical (unpaired) electrons. The van der Waals surface area contributed by atoms with Crippen LogP contribution >= 0.6 is 0 Å². The van der Waals surface area contributed by atoms with E-state index in [2.05, 4.69) is 40.5 Å². The molecule has 0 aliphatic carbocycles. The van der Waals surface area contributed by atoms with Crippen molar-refractivity contribution in [1.29, 1.82) is 0 Å². The lowest BCUT2D eigenvalue weighted by Gasteiger charge is -2.34. The van der Waals surface area contributed by atoms with E-state index < -0.39 is 11.9 Å². The summed E-state index contributed by atoms with van der Waals surface area (Å²) >= 11 is 0. The molecular formula is C28H25FN8O3. The highest BCUT2D eigenvalue weighted by atomic mass is 19.1. The van der Waals surface area contributed by atoms with Gasteiger partial charge in [-0.2, -0.15) is 0 Å². The molecule has 1 aliphatic heterocycles. The van der Waals surface area contributed by atoms with Gasteiger partial charge in [0.05, 0.1) is 5.56 Å². The lowest BCUT2D eigenvalue weighted by Crippen LogP contribution is -2.47. The second kappa shape index (κ2) is 10.6. The average molecular weight is 541 g/mol. The van der Waals surface area contributed by atoms with E-state index in [1.165, 1.54) is 18.6 Å². The van der Waals surface area contributed by atoms with Crippen LogP contribution in [-0.2, 0) is 6.54 Å². The molecule has 12 heteroatoms. The molecule has 0 unspecified atom stereocenters. The number of nitrogens with zero attached hydrogens (tertiary/aromatic N) is 5. The lowest BCUT2D eigenvalue weighted by molar-refractivity contribution is 0.0950. The second-order valence-electron chi connectivity index (χ2n) is 9.67. The van der Waals surface area contributed by atoms with Crippen LogP contribution in [0.5, 0.6) is 0 Å². The summed E-state index contributed by atoms with van der Waals surface area (Å²) in [7, 11) is 0. The minimum absolute atomic E-state index is 0.221. The molecule has 1 saturated heterocycles. The highest BCUT2D eigenvalue weighted by Crippen LogP contribution is 2.35. The second-order valence-corrected chi connectivity index (χ2v) is 9.67. The molecule has 1 atom stereocenters. The van der Waals surface area contributed by atoms with Crippen LogP contribution in [0.25, 0.3) is 33.1 Å². The van der Waals surface area contributed by atoms with Crippen molar-refractivity contribution >= 4 is 39.6 Å². The number of benzene rings is 1. The van der Waals surface area contributed by atoms with Crippen LogP contribution < -0.4 is 15.5 Å². The number of rotatable bonds is 6. The fraction of sp³-hybridized carbons (Fsp3) is 0.214. The average Bonchev–Trinajstić information content (AvgIpc) is 3.39. The number of halogens is 1. The Morgan fingerprint density at radius 1 is 1.12 bits per heavy atom. The number of carbonyl (C=O) groups is 2. The van der Waals surface area contributed by atoms with Crippen LogP contribution in [0.1, 0.15) is 28.8 Å². The Hall–Kier alpha value is -5.13. The molecule has 0 saturated carbocycles. The Morgan fingerprint density at radius 2 is 1.98 bits per heavy atom. The molecule has 4 N–H and O–H groups in total. The van der Waals surface area contributed by atoms with Crippen molar-refractivity contribution in [3.63, 3.8) is 0 Å². The van der Waals surface area contributed by atoms with Gasteiger partial charge in [-0.15, -0.1) is 0 Å². The van der Waals surface area contributed by atoms with Crippen LogP contribution in [0.15, 0.2) is 61.6 Å². The number of nitrogens with one attached hydrogen (secondary N) is 3. The van der Waals surface area contributed by atoms with Gasteiger partial charge in [-0.25, -0.2) is 24.1 Å². The largest absolute Gasteiger partial charge is 0.465 e. The maximum absolute atomic E-state index is 15.4. The van der Waals surface area contributed by atoms with Gasteiger partial charge in [-0.1, -0.05) is 0 Å². The first kappa shape index (κ1) is 25.2. The number of hydrogen-bond acceptors (Lipinski definition) is 7. The van der Waals surface area contributed by atoms with E-state index in [-0.39, 0.29) is 24.0 Å². The molecule has 1 aliphatic rings. The van der Waals surface area contributed by atoms with Gasteiger partial charge in [0, 0.05) is 84.2 Å². The molecule has 1 aromatic carbocycles. The summed E-state index contributed by atoms with van der Waals surface area (Å²) in [6, 6.07) is 6.63. The van der Waals surface area contributed by atoms with E-state index >= 15 is 4.39 Å². The van der Waals surface area contributed by atoms with Crippen LogP contribution in [0.2, 0.25) is 0 Å². The van der Waals surface area contributed by atoms with Crippen molar-refractivity contribution in [2.45, 2.75) is 25.4 Å². The van der Waals surface area contributed by atoms with E-state index in [1.54, 1.807) is 30.9 Å². The van der Waals surface area contributed by atoms with Crippen molar-refractivity contribution in [1.82, 2.24) is 35.6 Å². The van der Waals surface area contributed by atoms with Crippen LogP contribution in [-0.4, -0.2) is 61.2 Å². The summed E-state index contributed by atoms with van der Waals surface area (Å²) in [6.07, 6.45) is 9.95. The van der Waals surface area contributed by atoms with E-state index in [1.807, 2.05) is 12.1 Å². The van der Waals surface area contributed by atoms with Crippen molar-refractivity contribution in [2.24, 2.45) is 0 Å². The van der Waals surface area contributed by atoms with Crippen molar-refractivity contribution in [3.8, 4) is 11.1 Å². The molecular weight excluding hydrogens is 515 g/mol. The smallest absolute Gasteiger partial charge is 0.404 e. The third kappa shape index (κ3) is 4.98. The molecule has 1 fully saturated rings. The molecule has 5 heterocycles. The van der Waals surface area contributed by atoms with E-state index in [9.17, 15) is 9.59 Å². The minimum Gasteiger partial charge on any atom is -0.465 e. The quantitative estimate of drug-likeness (QED) is 0.254. The summed E-state index contributed by atoms with van der Waals surface area (Å²) in [5.41, 5.74) is 3.99. The van der Waals surface area contributed by atoms with Gasteiger partial charge in [0.1, 0.15) is 23.3 Å². The van der Waals surface area contributed by atoms with Crippen LogP contribution in [0.3, 0.4) is 0 Å². The molecule has 11 nitrogen and oxygen atoms in total. The van der Waals surface area contributed by atoms with E-state index in [4.69, 9.17) is 5.11 Å². The summed E-state index contributed by atoms with van der Waals surface area (Å²) < 4.78 is 15.4. The molecule has 4 aromatic heterocycles. The summed E-state index contributed by atoms with van der Waals surface area (Å²) in [4.78, 5) is 45.8. The summed E-state index contributed by atoms with van der Waals surface area (Å²) in [6.45, 7) is 1.46. The number of amides is 2. The van der Waals surface area contributed by atoms with Gasteiger partial charge in [0.25, 0.3) is 5.91 Å². The number of anilines is 1.